The van der Waals surface area contributed by atoms with Crippen molar-refractivity contribution >= 4 is 43.1 Å². The van der Waals surface area contributed by atoms with Gasteiger partial charge in [0.05, 0.1) is 16.4 Å². The van der Waals surface area contributed by atoms with Crippen LogP contribution >= 0.6 is 11.3 Å². The molecule has 0 radical (unpaired) electrons. The van der Waals surface area contributed by atoms with Gasteiger partial charge >= 0.3 is 11.0 Å². The molecule has 2 rings (SSSR count). The topological polar surface area (TPSA) is 133 Å². The SMILES string of the molecule is CCOC(=O)c1cc([N+](=O)[O-])sc1NC(=O)c1cccc(S(C)(=O)=O)c1. The molecule has 2 aromatic rings. The number of hydrogen-bond acceptors (Lipinski definition) is 8. The summed E-state index contributed by atoms with van der Waals surface area (Å²) < 4.78 is 28.0. The van der Waals surface area contributed by atoms with Gasteiger partial charge in [-0.1, -0.05) is 6.07 Å². The van der Waals surface area contributed by atoms with Gasteiger partial charge in [-0.2, -0.15) is 0 Å². The first-order valence-electron chi connectivity index (χ1n) is 7.20. The summed E-state index contributed by atoms with van der Waals surface area (Å²) in [6.07, 6.45) is 1.01. The molecule has 0 atom stereocenters. The van der Waals surface area contributed by atoms with Crippen molar-refractivity contribution in [3.05, 3.63) is 51.6 Å². The number of thiophene rings is 1. The van der Waals surface area contributed by atoms with Gasteiger partial charge in [-0.3, -0.25) is 14.9 Å². The van der Waals surface area contributed by atoms with Crippen LogP contribution < -0.4 is 5.32 Å². The highest BCUT2D eigenvalue weighted by atomic mass is 32.2. The fourth-order valence-electron chi connectivity index (χ4n) is 1.96. The Morgan fingerprint density at radius 2 is 2.00 bits per heavy atom. The molecule has 138 valence electrons. The van der Waals surface area contributed by atoms with Crippen molar-refractivity contribution < 1.29 is 27.7 Å². The summed E-state index contributed by atoms with van der Waals surface area (Å²) in [7, 11) is -3.51. The number of ether oxygens (including phenoxy) is 1. The number of benzene rings is 1. The van der Waals surface area contributed by atoms with E-state index in [1.807, 2.05) is 0 Å². The number of nitro groups is 1. The molecule has 9 nitrogen and oxygen atoms in total. The van der Waals surface area contributed by atoms with Crippen LogP contribution in [0.5, 0.6) is 0 Å². The van der Waals surface area contributed by atoms with Gasteiger partial charge in [0, 0.05) is 17.9 Å². The van der Waals surface area contributed by atoms with E-state index in [1.54, 1.807) is 6.92 Å². The number of nitrogens with zero attached hydrogens (tertiary/aromatic N) is 1. The molecule has 1 aromatic heterocycles. The number of rotatable bonds is 6. The highest BCUT2D eigenvalue weighted by molar-refractivity contribution is 7.90. The van der Waals surface area contributed by atoms with Crippen molar-refractivity contribution in [3.8, 4) is 0 Å². The number of carbonyl (C=O) groups excluding carboxylic acids is 2. The number of amides is 1. The van der Waals surface area contributed by atoms with Crippen LogP contribution in [0.3, 0.4) is 0 Å². The number of sulfone groups is 1. The number of anilines is 1. The Hall–Kier alpha value is -2.79. The van der Waals surface area contributed by atoms with E-state index in [0.717, 1.165) is 12.3 Å². The van der Waals surface area contributed by atoms with E-state index in [9.17, 15) is 28.1 Å². The summed E-state index contributed by atoms with van der Waals surface area (Å²) in [4.78, 5) is 34.5. The summed E-state index contributed by atoms with van der Waals surface area (Å²) in [6.45, 7) is 1.64. The Morgan fingerprint density at radius 3 is 2.58 bits per heavy atom. The van der Waals surface area contributed by atoms with Crippen molar-refractivity contribution in [1.29, 1.82) is 0 Å². The summed E-state index contributed by atoms with van der Waals surface area (Å²) in [6, 6.07) is 6.32. The maximum absolute atomic E-state index is 12.4. The van der Waals surface area contributed by atoms with Crippen molar-refractivity contribution in [3.63, 3.8) is 0 Å². The molecule has 0 saturated heterocycles. The predicted octanol–water partition coefficient (Wildman–Crippen LogP) is 2.49. The van der Waals surface area contributed by atoms with Crippen molar-refractivity contribution in [1.82, 2.24) is 0 Å². The Bertz CT molecular complexity index is 980. The van der Waals surface area contributed by atoms with E-state index < -0.39 is 26.6 Å². The smallest absolute Gasteiger partial charge is 0.341 e. The highest BCUT2D eigenvalue weighted by Gasteiger charge is 2.24. The molecule has 0 aliphatic rings. The van der Waals surface area contributed by atoms with Crippen LogP contribution in [0, 0.1) is 10.1 Å². The molecule has 1 N–H and O–H groups in total. The minimum atomic E-state index is -3.51. The fraction of sp³-hybridized carbons (Fsp3) is 0.200. The number of carbonyl (C=O) groups is 2. The molecule has 0 aliphatic heterocycles. The van der Waals surface area contributed by atoms with Gasteiger partial charge in [0.1, 0.15) is 10.6 Å². The van der Waals surface area contributed by atoms with Crippen LogP contribution in [0.4, 0.5) is 10.0 Å². The largest absolute Gasteiger partial charge is 0.462 e. The molecule has 0 aliphatic carbocycles. The third-order valence-corrected chi connectivity index (χ3v) is 5.26. The van der Waals surface area contributed by atoms with Gasteiger partial charge in [0.25, 0.3) is 5.91 Å². The summed E-state index contributed by atoms with van der Waals surface area (Å²) in [5.74, 6) is -1.52. The monoisotopic (exact) mass is 398 g/mol. The first-order chi connectivity index (χ1) is 12.1. The summed E-state index contributed by atoms with van der Waals surface area (Å²) in [5.41, 5.74) is -0.116. The van der Waals surface area contributed by atoms with Crippen molar-refractivity contribution in [2.24, 2.45) is 0 Å². The van der Waals surface area contributed by atoms with Crippen LogP contribution in [0.1, 0.15) is 27.6 Å². The molecule has 0 fully saturated rings. The zero-order valence-electron chi connectivity index (χ0n) is 13.7. The van der Waals surface area contributed by atoms with Gasteiger partial charge in [0.2, 0.25) is 0 Å². The lowest BCUT2D eigenvalue weighted by molar-refractivity contribution is -0.380. The lowest BCUT2D eigenvalue weighted by Gasteiger charge is -2.07. The first kappa shape index (κ1) is 19.5. The maximum atomic E-state index is 12.4. The van der Waals surface area contributed by atoms with E-state index in [2.05, 4.69) is 5.32 Å². The van der Waals surface area contributed by atoms with Crippen LogP contribution in [-0.4, -0.2) is 38.1 Å². The van der Waals surface area contributed by atoms with Crippen LogP contribution in [0.15, 0.2) is 35.2 Å². The van der Waals surface area contributed by atoms with Crippen LogP contribution in [0.2, 0.25) is 0 Å². The first-order valence-corrected chi connectivity index (χ1v) is 9.91. The second kappa shape index (κ2) is 7.62. The van der Waals surface area contributed by atoms with E-state index in [1.165, 1.54) is 24.3 Å². The maximum Gasteiger partial charge on any atom is 0.341 e. The Morgan fingerprint density at radius 1 is 1.31 bits per heavy atom. The Labute approximate surface area is 152 Å². The molecular formula is C15H14N2O7S2. The minimum absolute atomic E-state index is 0.0267. The molecule has 11 heteroatoms. The minimum Gasteiger partial charge on any atom is -0.462 e. The third-order valence-electron chi connectivity index (χ3n) is 3.15. The van der Waals surface area contributed by atoms with E-state index >= 15 is 0 Å². The zero-order valence-corrected chi connectivity index (χ0v) is 15.3. The van der Waals surface area contributed by atoms with Gasteiger partial charge in [0.15, 0.2) is 9.84 Å². The molecule has 0 unspecified atom stereocenters. The van der Waals surface area contributed by atoms with Crippen LogP contribution in [0.25, 0.3) is 0 Å². The van der Waals surface area contributed by atoms with Gasteiger partial charge in [-0.25, -0.2) is 13.2 Å². The number of hydrogen-bond donors (Lipinski definition) is 1. The second-order valence-corrected chi connectivity index (χ2v) is 8.11. The fourth-order valence-corrected chi connectivity index (χ4v) is 3.49. The standard InChI is InChI=1S/C15H14N2O7S2/c1-3-24-15(19)11-8-12(17(20)21)25-14(11)16-13(18)9-5-4-6-10(7-9)26(2,22)23/h4-8H,3H2,1-2H3,(H,16,18). The molecule has 1 amide bonds. The number of nitrogens with one attached hydrogen (secondary N) is 1. The van der Waals surface area contributed by atoms with Crippen molar-refractivity contribution in [2.75, 3.05) is 18.2 Å². The molecule has 26 heavy (non-hydrogen) atoms. The summed E-state index contributed by atoms with van der Waals surface area (Å²) >= 11 is 0.604. The van der Waals surface area contributed by atoms with E-state index in [0.29, 0.717) is 11.3 Å². The predicted molar refractivity (Wildman–Crippen MR) is 94.4 cm³/mol. The normalized spacial score (nSPS) is 11.0. The number of esters is 1. The zero-order chi connectivity index (χ0) is 19.5. The Balaban J connectivity index is 2.37. The highest BCUT2D eigenvalue weighted by Crippen LogP contribution is 2.34. The second-order valence-electron chi connectivity index (χ2n) is 5.06. The Kier molecular flexibility index (Phi) is 5.73. The average molecular weight is 398 g/mol. The van der Waals surface area contributed by atoms with Gasteiger partial charge in [-0.05, 0) is 36.5 Å². The lowest BCUT2D eigenvalue weighted by atomic mass is 10.2. The molecule has 1 heterocycles. The molecule has 0 bridgehead atoms. The summed E-state index contributed by atoms with van der Waals surface area (Å²) in [5, 5.41) is 13.0. The lowest BCUT2D eigenvalue weighted by Crippen LogP contribution is -2.14. The molecule has 0 spiro atoms. The van der Waals surface area contributed by atoms with Crippen LogP contribution in [-0.2, 0) is 14.6 Å². The molecular weight excluding hydrogens is 384 g/mol. The van der Waals surface area contributed by atoms with Crippen molar-refractivity contribution in [2.45, 2.75) is 11.8 Å². The van der Waals surface area contributed by atoms with E-state index in [-0.39, 0.29) is 32.6 Å². The van der Waals surface area contributed by atoms with Gasteiger partial charge in [-0.15, -0.1) is 0 Å². The average Bonchev–Trinajstić information content (AvgIpc) is 2.98. The van der Waals surface area contributed by atoms with Gasteiger partial charge < -0.3 is 10.1 Å². The van der Waals surface area contributed by atoms with E-state index in [4.69, 9.17) is 4.74 Å². The molecule has 1 aromatic carbocycles. The quantitative estimate of drug-likeness (QED) is 0.449. The third kappa shape index (κ3) is 4.43. The molecule has 0 saturated carbocycles.